The molecule has 5 nitrogen and oxygen atoms in total. The minimum absolute atomic E-state index is 0.146. The molecular formula is C29H29N3O2S. The molecule has 1 aliphatic rings. The molecule has 2 atom stereocenters. The van der Waals surface area contributed by atoms with Gasteiger partial charge in [-0.15, -0.1) is 0 Å². The topological polar surface area (TPSA) is 50.5 Å². The van der Waals surface area contributed by atoms with Crippen molar-refractivity contribution in [3.8, 4) is 17.1 Å². The summed E-state index contributed by atoms with van der Waals surface area (Å²) in [5.74, 6) is 2.94. The molecule has 4 aromatic rings. The fourth-order valence-electron chi connectivity index (χ4n) is 4.49. The number of pyridine rings is 1. The summed E-state index contributed by atoms with van der Waals surface area (Å²) in [7, 11) is 0. The van der Waals surface area contributed by atoms with Crippen LogP contribution in [0.5, 0.6) is 5.75 Å². The Morgan fingerprint density at radius 3 is 2.43 bits per heavy atom. The lowest BCUT2D eigenvalue weighted by atomic mass is 10.0. The van der Waals surface area contributed by atoms with Crippen LogP contribution in [-0.4, -0.2) is 16.7 Å². The van der Waals surface area contributed by atoms with Crippen LogP contribution in [0.2, 0.25) is 0 Å². The molecule has 0 unspecified atom stereocenters. The molecule has 0 spiro atoms. The minimum atomic E-state index is -0.182. The largest absolute Gasteiger partial charge is 0.494 e. The Morgan fingerprint density at radius 1 is 1.00 bits per heavy atom. The van der Waals surface area contributed by atoms with Crippen molar-refractivity contribution in [1.29, 1.82) is 0 Å². The third-order valence-electron chi connectivity index (χ3n) is 6.30. The van der Waals surface area contributed by atoms with Gasteiger partial charge in [-0.2, -0.15) is 0 Å². The molecule has 0 amide bonds. The Balaban J connectivity index is 1.53. The summed E-state index contributed by atoms with van der Waals surface area (Å²) in [5.41, 5.74) is 4.23. The first kappa shape index (κ1) is 23.1. The highest BCUT2D eigenvalue weighted by Crippen LogP contribution is 2.43. The number of anilines is 1. The first-order valence-corrected chi connectivity index (χ1v) is 12.4. The number of ether oxygens (including phenoxy) is 1. The van der Waals surface area contributed by atoms with Gasteiger partial charge in [-0.1, -0.05) is 32.0 Å². The van der Waals surface area contributed by atoms with E-state index in [2.05, 4.69) is 53.3 Å². The second kappa shape index (κ2) is 9.92. The van der Waals surface area contributed by atoms with Crippen molar-refractivity contribution >= 4 is 23.0 Å². The van der Waals surface area contributed by atoms with Crippen LogP contribution in [0, 0.1) is 0 Å². The van der Waals surface area contributed by atoms with Crippen LogP contribution < -0.4 is 15.0 Å². The summed E-state index contributed by atoms with van der Waals surface area (Å²) in [6.45, 7) is 7.01. The van der Waals surface area contributed by atoms with Gasteiger partial charge in [0, 0.05) is 17.4 Å². The molecule has 1 saturated heterocycles. The average Bonchev–Trinajstić information content (AvgIpc) is 3.50. The number of rotatable bonds is 7. The van der Waals surface area contributed by atoms with Gasteiger partial charge in [0.05, 0.1) is 18.3 Å². The molecule has 35 heavy (non-hydrogen) atoms. The Kier molecular flexibility index (Phi) is 6.55. The summed E-state index contributed by atoms with van der Waals surface area (Å²) in [6.07, 6.45) is 1.81. The summed E-state index contributed by atoms with van der Waals surface area (Å²) in [4.78, 5) is 6.76. The summed E-state index contributed by atoms with van der Waals surface area (Å²) >= 11 is 5.83. The van der Waals surface area contributed by atoms with Crippen molar-refractivity contribution in [1.82, 2.24) is 10.3 Å². The Bertz CT molecular complexity index is 1280. The third-order valence-corrected chi connectivity index (χ3v) is 6.62. The van der Waals surface area contributed by atoms with E-state index in [4.69, 9.17) is 21.4 Å². The predicted octanol–water partition coefficient (Wildman–Crippen LogP) is 7.04. The van der Waals surface area contributed by atoms with Crippen molar-refractivity contribution in [2.45, 2.75) is 38.8 Å². The van der Waals surface area contributed by atoms with E-state index in [9.17, 15) is 0 Å². The van der Waals surface area contributed by atoms with Crippen LogP contribution in [0.4, 0.5) is 5.69 Å². The molecule has 2 aromatic carbocycles. The number of aromatic nitrogens is 1. The van der Waals surface area contributed by atoms with Crippen molar-refractivity contribution in [3.05, 3.63) is 102 Å². The quantitative estimate of drug-likeness (QED) is 0.285. The normalized spacial score (nSPS) is 17.6. The van der Waals surface area contributed by atoms with E-state index in [1.165, 1.54) is 5.56 Å². The van der Waals surface area contributed by atoms with Gasteiger partial charge in [0.2, 0.25) is 0 Å². The molecule has 2 aromatic heterocycles. The second-order valence-corrected chi connectivity index (χ2v) is 9.29. The highest BCUT2D eigenvalue weighted by Gasteiger charge is 2.42. The lowest BCUT2D eigenvalue weighted by Crippen LogP contribution is -2.29. The molecule has 3 heterocycles. The lowest BCUT2D eigenvalue weighted by molar-refractivity contribution is 0.340. The second-order valence-electron chi connectivity index (χ2n) is 8.90. The van der Waals surface area contributed by atoms with Crippen molar-refractivity contribution < 1.29 is 9.15 Å². The van der Waals surface area contributed by atoms with E-state index in [-0.39, 0.29) is 12.1 Å². The summed E-state index contributed by atoms with van der Waals surface area (Å²) in [5, 5.41) is 4.15. The zero-order valence-electron chi connectivity index (χ0n) is 20.1. The van der Waals surface area contributed by atoms with Gasteiger partial charge in [-0.3, -0.25) is 4.98 Å². The number of hydrogen-bond acceptors (Lipinski definition) is 4. The van der Waals surface area contributed by atoms with Crippen LogP contribution in [0.1, 0.15) is 55.8 Å². The fraction of sp³-hybridized carbons (Fsp3) is 0.241. The summed E-state index contributed by atoms with van der Waals surface area (Å²) in [6, 6.07) is 26.2. The molecule has 0 bridgehead atoms. The first-order chi connectivity index (χ1) is 17.0. The Hall–Kier alpha value is -3.64. The summed E-state index contributed by atoms with van der Waals surface area (Å²) < 4.78 is 12.0. The molecule has 6 heteroatoms. The minimum Gasteiger partial charge on any atom is -0.494 e. The molecule has 178 valence electrons. The van der Waals surface area contributed by atoms with Crippen molar-refractivity contribution in [2.75, 3.05) is 11.5 Å². The van der Waals surface area contributed by atoms with Gasteiger partial charge in [0.1, 0.15) is 23.3 Å². The van der Waals surface area contributed by atoms with Crippen LogP contribution >= 0.6 is 12.2 Å². The highest BCUT2D eigenvalue weighted by atomic mass is 32.1. The van der Waals surface area contributed by atoms with Crippen LogP contribution in [0.3, 0.4) is 0 Å². The van der Waals surface area contributed by atoms with E-state index < -0.39 is 0 Å². The zero-order chi connectivity index (χ0) is 24.4. The smallest absolute Gasteiger partial charge is 0.174 e. The maximum Gasteiger partial charge on any atom is 0.174 e. The van der Waals surface area contributed by atoms with Gasteiger partial charge >= 0.3 is 0 Å². The molecule has 1 fully saturated rings. The maximum atomic E-state index is 6.46. The standard InChI is InChI=1S/C29H29N3O2S/c1-4-33-23-14-10-21(11-15-23)25-16-17-26(34-25)28-27(24-7-5-6-18-30-24)31-29(35)32(28)22-12-8-20(9-13-22)19(2)3/h5-19,27-28H,4H2,1-3H3,(H,31,35)/t27-,28+/m0/s1. The van der Waals surface area contributed by atoms with E-state index in [0.29, 0.717) is 17.6 Å². The van der Waals surface area contributed by atoms with E-state index in [1.54, 1.807) is 0 Å². The molecule has 0 saturated carbocycles. The van der Waals surface area contributed by atoms with Crippen LogP contribution in [-0.2, 0) is 0 Å². The molecule has 1 aliphatic heterocycles. The molecule has 0 aliphatic carbocycles. The number of nitrogens with one attached hydrogen (secondary N) is 1. The van der Waals surface area contributed by atoms with E-state index >= 15 is 0 Å². The monoisotopic (exact) mass is 483 g/mol. The number of hydrogen-bond donors (Lipinski definition) is 1. The first-order valence-electron chi connectivity index (χ1n) is 12.0. The fourth-order valence-corrected chi connectivity index (χ4v) is 4.84. The third kappa shape index (κ3) is 4.66. The van der Waals surface area contributed by atoms with Gasteiger partial charge in [-0.25, -0.2) is 0 Å². The molecular weight excluding hydrogens is 454 g/mol. The van der Waals surface area contributed by atoms with E-state index in [0.717, 1.165) is 34.2 Å². The molecule has 5 rings (SSSR count). The number of benzene rings is 2. The van der Waals surface area contributed by atoms with Gasteiger partial charge in [-0.05, 0) is 91.3 Å². The van der Waals surface area contributed by atoms with Crippen LogP contribution in [0.25, 0.3) is 11.3 Å². The molecule has 1 N–H and O–H groups in total. The average molecular weight is 484 g/mol. The molecule has 0 radical (unpaired) electrons. The lowest BCUT2D eigenvalue weighted by Gasteiger charge is -2.26. The van der Waals surface area contributed by atoms with Crippen molar-refractivity contribution in [2.24, 2.45) is 0 Å². The van der Waals surface area contributed by atoms with E-state index in [1.807, 2.05) is 67.7 Å². The SMILES string of the molecule is CCOc1ccc(-c2ccc([C@@H]3[C@H](c4ccccn4)NC(=S)N3c3ccc(C(C)C)cc3)o2)cc1. The number of nitrogens with zero attached hydrogens (tertiary/aromatic N) is 2. The van der Waals surface area contributed by atoms with Gasteiger partial charge in [0.15, 0.2) is 5.11 Å². The number of furan rings is 1. The Morgan fingerprint density at radius 2 is 1.77 bits per heavy atom. The van der Waals surface area contributed by atoms with Crippen molar-refractivity contribution in [3.63, 3.8) is 0 Å². The van der Waals surface area contributed by atoms with Gasteiger partial charge < -0.3 is 19.4 Å². The maximum absolute atomic E-state index is 6.46. The van der Waals surface area contributed by atoms with Gasteiger partial charge in [0.25, 0.3) is 0 Å². The highest BCUT2D eigenvalue weighted by molar-refractivity contribution is 7.80. The predicted molar refractivity (Wildman–Crippen MR) is 144 cm³/mol. The Labute approximate surface area is 211 Å². The zero-order valence-corrected chi connectivity index (χ0v) is 21.0. The number of thiocarbonyl (C=S) groups is 1. The van der Waals surface area contributed by atoms with Crippen LogP contribution in [0.15, 0.2) is 89.5 Å².